The van der Waals surface area contributed by atoms with Crippen molar-refractivity contribution in [1.82, 2.24) is 5.32 Å². The molecular formula is C13H18N2OS. The summed E-state index contributed by atoms with van der Waals surface area (Å²) in [4.78, 5) is 11.7. The molecule has 0 radical (unpaired) electrons. The molecule has 1 saturated heterocycles. The van der Waals surface area contributed by atoms with Gasteiger partial charge in [0.25, 0.3) is 0 Å². The number of hydrogen-bond acceptors (Lipinski definition) is 3. The van der Waals surface area contributed by atoms with Crippen molar-refractivity contribution in [2.45, 2.75) is 18.6 Å². The summed E-state index contributed by atoms with van der Waals surface area (Å²) in [6.45, 7) is 4.15. The molecule has 4 heteroatoms. The van der Waals surface area contributed by atoms with E-state index in [1.807, 2.05) is 31.2 Å². The quantitative estimate of drug-likeness (QED) is 0.859. The lowest BCUT2D eigenvalue weighted by atomic mass is 10.2. The number of carbonyl (C=O) groups is 1. The van der Waals surface area contributed by atoms with Crippen molar-refractivity contribution in [1.29, 1.82) is 0 Å². The number of amides is 1. The third kappa shape index (κ3) is 4.06. The van der Waals surface area contributed by atoms with Crippen LogP contribution in [0.4, 0.5) is 5.69 Å². The van der Waals surface area contributed by atoms with E-state index in [0.717, 1.165) is 18.8 Å². The summed E-state index contributed by atoms with van der Waals surface area (Å²) in [7, 11) is 0. The molecular weight excluding hydrogens is 232 g/mol. The summed E-state index contributed by atoms with van der Waals surface area (Å²) in [6.07, 6.45) is 1.17. The van der Waals surface area contributed by atoms with Crippen LogP contribution in [0.3, 0.4) is 0 Å². The molecule has 1 aliphatic rings. The van der Waals surface area contributed by atoms with Gasteiger partial charge in [-0.05, 0) is 32.0 Å². The Kier molecular flexibility index (Phi) is 4.45. The Hall–Kier alpha value is -1.00. The topological polar surface area (TPSA) is 41.1 Å². The molecule has 1 unspecified atom stereocenters. The Morgan fingerprint density at radius 1 is 1.47 bits per heavy atom. The van der Waals surface area contributed by atoms with Gasteiger partial charge in [-0.3, -0.25) is 4.79 Å². The van der Waals surface area contributed by atoms with Crippen LogP contribution in [0.15, 0.2) is 24.3 Å². The van der Waals surface area contributed by atoms with Gasteiger partial charge in [0.1, 0.15) is 0 Å². The fourth-order valence-corrected chi connectivity index (χ4v) is 2.78. The zero-order valence-electron chi connectivity index (χ0n) is 10.0. The first-order chi connectivity index (χ1) is 8.24. The Morgan fingerprint density at radius 3 is 2.88 bits per heavy atom. The first kappa shape index (κ1) is 12.5. The molecule has 0 aliphatic carbocycles. The van der Waals surface area contributed by atoms with E-state index < -0.39 is 0 Å². The van der Waals surface area contributed by atoms with Crippen molar-refractivity contribution in [3.05, 3.63) is 29.8 Å². The number of nitrogens with one attached hydrogen (secondary N) is 2. The Morgan fingerprint density at radius 2 is 2.24 bits per heavy atom. The van der Waals surface area contributed by atoms with Gasteiger partial charge in [-0.15, -0.1) is 11.8 Å². The van der Waals surface area contributed by atoms with Gasteiger partial charge in [-0.1, -0.05) is 17.7 Å². The molecule has 1 fully saturated rings. The molecule has 1 aromatic carbocycles. The number of rotatable bonds is 4. The van der Waals surface area contributed by atoms with Gasteiger partial charge in [0.2, 0.25) is 5.91 Å². The van der Waals surface area contributed by atoms with Crippen molar-refractivity contribution in [3.63, 3.8) is 0 Å². The molecule has 1 atom stereocenters. The normalized spacial score (nSPS) is 19.2. The highest BCUT2D eigenvalue weighted by Gasteiger charge is 2.16. The van der Waals surface area contributed by atoms with Crippen LogP contribution in [-0.2, 0) is 4.79 Å². The predicted molar refractivity (Wildman–Crippen MR) is 73.5 cm³/mol. The molecule has 1 aromatic rings. The molecule has 17 heavy (non-hydrogen) atoms. The second-order valence-corrected chi connectivity index (χ2v) is 5.63. The summed E-state index contributed by atoms with van der Waals surface area (Å²) < 4.78 is 0. The van der Waals surface area contributed by atoms with Crippen molar-refractivity contribution >= 4 is 23.4 Å². The Balaban J connectivity index is 1.74. The third-order valence-corrected chi connectivity index (χ3v) is 4.10. The highest BCUT2D eigenvalue weighted by atomic mass is 32.2. The fraction of sp³-hybridized carbons (Fsp3) is 0.462. The summed E-state index contributed by atoms with van der Waals surface area (Å²) in [6, 6.07) is 7.89. The van der Waals surface area contributed by atoms with Crippen molar-refractivity contribution in [2.24, 2.45) is 0 Å². The molecule has 92 valence electrons. The minimum Gasteiger partial charge on any atom is -0.325 e. The lowest BCUT2D eigenvalue weighted by Gasteiger charge is -2.08. The zero-order chi connectivity index (χ0) is 12.1. The van der Waals surface area contributed by atoms with Crippen LogP contribution >= 0.6 is 11.8 Å². The summed E-state index contributed by atoms with van der Waals surface area (Å²) in [5, 5.41) is 6.81. The second-order valence-electron chi connectivity index (χ2n) is 4.34. The maximum atomic E-state index is 11.7. The third-order valence-electron chi connectivity index (χ3n) is 2.80. The maximum absolute atomic E-state index is 11.7. The largest absolute Gasteiger partial charge is 0.325 e. The second kappa shape index (κ2) is 6.07. The van der Waals surface area contributed by atoms with Gasteiger partial charge >= 0.3 is 0 Å². The Bertz CT molecular complexity index is 372. The SMILES string of the molecule is Cc1ccc(NC(=O)CSC2CCNC2)cc1. The van der Waals surface area contributed by atoms with Crippen molar-refractivity contribution in [2.75, 3.05) is 24.2 Å². The molecule has 0 bridgehead atoms. The standard InChI is InChI=1S/C13H18N2OS/c1-10-2-4-11(5-3-10)15-13(16)9-17-12-6-7-14-8-12/h2-5,12,14H,6-9H2,1H3,(H,15,16). The number of hydrogen-bond donors (Lipinski definition) is 2. The first-order valence-corrected chi connectivity index (χ1v) is 6.98. The summed E-state index contributed by atoms with van der Waals surface area (Å²) in [5.74, 6) is 0.631. The molecule has 0 saturated carbocycles. The molecule has 2 N–H and O–H groups in total. The molecule has 1 aliphatic heterocycles. The number of aryl methyl sites for hydroxylation is 1. The number of benzene rings is 1. The summed E-state index contributed by atoms with van der Waals surface area (Å²) >= 11 is 1.74. The van der Waals surface area contributed by atoms with E-state index in [-0.39, 0.29) is 5.91 Å². The average Bonchev–Trinajstić information content (AvgIpc) is 2.83. The fourth-order valence-electron chi connectivity index (χ4n) is 1.80. The molecule has 1 heterocycles. The summed E-state index contributed by atoms with van der Waals surface area (Å²) in [5.41, 5.74) is 2.08. The first-order valence-electron chi connectivity index (χ1n) is 5.93. The predicted octanol–water partition coefficient (Wildman–Crippen LogP) is 2.03. The van der Waals surface area contributed by atoms with Crippen LogP contribution in [0.1, 0.15) is 12.0 Å². The van der Waals surface area contributed by atoms with Crippen molar-refractivity contribution < 1.29 is 4.79 Å². The zero-order valence-corrected chi connectivity index (χ0v) is 10.8. The van der Waals surface area contributed by atoms with Crippen LogP contribution in [0, 0.1) is 6.92 Å². The lowest BCUT2D eigenvalue weighted by Crippen LogP contribution is -2.17. The molecule has 0 aromatic heterocycles. The molecule has 1 amide bonds. The average molecular weight is 250 g/mol. The lowest BCUT2D eigenvalue weighted by molar-refractivity contribution is -0.113. The van der Waals surface area contributed by atoms with Crippen LogP contribution in [0.2, 0.25) is 0 Å². The highest BCUT2D eigenvalue weighted by Crippen LogP contribution is 2.17. The van der Waals surface area contributed by atoms with E-state index in [1.54, 1.807) is 11.8 Å². The number of anilines is 1. The van der Waals surface area contributed by atoms with E-state index in [1.165, 1.54) is 12.0 Å². The van der Waals surface area contributed by atoms with Gasteiger partial charge < -0.3 is 10.6 Å². The molecule has 2 rings (SSSR count). The van der Waals surface area contributed by atoms with E-state index >= 15 is 0 Å². The number of carbonyl (C=O) groups excluding carboxylic acids is 1. The number of thioether (sulfide) groups is 1. The van der Waals surface area contributed by atoms with E-state index in [9.17, 15) is 4.79 Å². The highest BCUT2D eigenvalue weighted by molar-refractivity contribution is 8.00. The van der Waals surface area contributed by atoms with Crippen LogP contribution in [0.5, 0.6) is 0 Å². The maximum Gasteiger partial charge on any atom is 0.234 e. The smallest absolute Gasteiger partial charge is 0.234 e. The van der Waals surface area contributed by atoms with Gasteiger partial charge in [0.05, 0.1) is 5.75 Å². The van der Waals surface area contributed by atoms with Crippen LogP contribution in [0.25, 0.3) is 0 Å². The van der Waals surface area contributed by atoms with Gasteiger partial charge in [0.15, 0.2) is 0 Å². The minimum atomic E-state index is 0.0887. The van der Waals surface area contributed by atoms with Crippen LogP contribution < -0.4 is 10.6 Å². The Labute approximate surface area is 106 Å². The van der Waals surface area contributed by atoms with Gasteiger partial charge in [0, 0.05) is 17.5 Å². The van der Waals surface area contributed by atoms with Crippen LogP contribution in [-0.4, -0.2) is 30.0 Å². The van der Waals surface area contributed by atoms with E-state index in [0.29, 0.717) is 11.0 Å². The molecule has 3 nitrogen and oxygen atoms in total. The van der Waals surface area contributed by atoms with Crippen molar-refractivity contribution in [3.8, 4) is 0 Å². The van der Waals surface area contributed by atoms with E-state index in [4.69, 9.17) is 0 Å². The molecule has 0 spiro atoms. The van der Waals surface area contributed by atoms with Gasteiger partial charge in [-0.25, -0.2) is 0 Å². The van der Waals surface area contributed by atoms with E-state index in [2.05, 4.69) is 10.6 Å². The minimum absolute atomic E-state index is 0.0887. The monoisotopic (exact) mass is 250 g/mol. The van der Waals surface area contributed by atoms with Gasteiger partial charge in [-0.2, -0.15) is 0 Å².